The number of hydrogen-bond donors (Lipinski definition) is 2. The van der Waals surface area contributed by atoms with E-state index in [-0.39, 0.29) is 12.3 Å². The summed E-state index contributed by atoms with van der Waals surface area (Å²) in [5.74, 6) is 0. The second-order valence-electron chi connectivity index (χ2n) is 5.00. The molecule has 0 heterocycles. The van der Waals surface area contributed by atoms with Crippen LogP contribution in [0.1, 0.15) is 19.4 Å². The van der Waals surface area contributed by atoms with E-state index in [0.717, 1.165) is 11.0 Å². The third-order valence-corrected chi connectivity index (χ3v) is 3.07. The molecule has 1 aromatic rings. The predicted molar refractivity (Wildman–Crippen MR) is 69.4 cm³/mol. The molecule has 0 fully saturated rings. The number of nitrogens with one attached hydrogen (secondary N) is 1. The van der Waals surface area contributed by atoms with Crippen LogP contribution >= 0.6 is 0 Å². The highest BCUT2D eigenvalue weighted by atomic mass is 19.4. The van der Waals surface area contributed by atoms with Gasteiger partial charge in [-0.15, -0.1) is 0 Å². The molecule has 20 heavy (non-hydrogen) atoms. The summed E-state index contributed by atoms with van der Waals surface area (Å²) in [6.45, 7) is 2.89. The van der Waals surface area contributed by atoms with Gasteiger partial charge in [-0.25, -0.2) is 4.79 Å². The molecule has 7 heteroatoms. The molecule has 2 N–H and O–H groups in total. The Morgan fingerprint density at radius 1 is 1.30 bits per heavy atom. The SMILES string of the molecule is CN(C(=O)Nc1ccccc1C(F)(F)F)C(C)(C)CO. The molecule has 0 aromatic heterocycles. The molecule has 0 aliphatic rings. The third-order valence-electron chi connectivity index (χ3n) is 3.07. The largest absolute Gasteiger partial charge is 0.418 e. The molecule has 0 aliphatic heterocycles. The van der Waals surface area contributed by atoms with Crippen molar-refractivity contribution in [2.24, 2.45) is 0 Å². The molecule has 112 valence electrons. The minimum Gasteiger partial charge on any atom is -0.394 e. The lowest BCUT2D eigenvalue weighted by atomic mass is 10.1. The van der Waals surface area contributed by atoms with Crippen LogP contribution in [0.4, 0.5) is 23.7 Å². The second-order valence-corrected chi connectivity index (χ2v) is 5.00. The number of carbonyl (C=O) groups is 1. The minimum absolute atomic E-state index is 0.308. The van der Waals surface area contributed by atoms with E-state index in [0.29, 0.717) is 0 Å². The van der Waals surface area contributed by atoms with Crippen LogP contribution in [-0.4, -0.2) is 35.2 Å². The van der Waals surface area contributed by atoms with Crippen LogP contribution in [-0.2, 0) is 6.18 Å². The van der Waals surface area contributed by atoms with Crippen molar-refractivity contribution in [3.8, 4) is 0 Å². The lowest BCUT2D eigenvalue weighted by Crippen LogP contribution is -2.49. The van der Waals surface area contributed by atoms with E-state index >= 15 is 0 Å². The molecular formula is C13H17F3N2O2. The van der Waals surface area contributed by atoms with E-state index in [1.807, 2.05) is 0 Å². The number of aliphatic hydroxyl groups excluding tert-OH is 1. The van der Waals surface area contributed by atoms with Gasteiger partial charge in [-0.1, -0.05) is 12.1 Å². The van der Waals surface area contributed by atoms with E-state index in [1.165, 1.54) is 25.2 Å². The zero-order valence-corrected chi connectivity index (χ0v) is 11.5. The van der Waals surface area contributed by atoms with Crippen molar-refractivity contribution in [3.05, 3.63) is 29.8 Å². The summed E-state index contributed by atoms with van der Waals surface area (Å²) in [6.07, 6.45) is -4.55. The van der Waals surface area contributed by atoms with Crippen LogP contribution in [0.2, 0.25) is 0 Å². The molecule has 4 nitrogen and oxygen atoms in total. The number of carbonyl (C=O) groups excluding carboxylic acids is 1. The number of para-hydroxylation sites is 1. The highest BCUT2D eigenvalue weighted by Gasteiger charge is 2.34. The Labute approximate surface area is 115 Å². The van der Waals surface area contributed by atoms with Crippen molar-refractivity contribution in [1.82, 2.24) is 4.90 Å². The van der Waals surface area contributed by atoms with Gasteiger partial charge < -0.3 is 15.3 Å². The Balaban J connectivity index is 2.98. The molecule has 0 spiro atoms. The Morgan fingerprint density at radius 3 is 2.35 bits per heavy atom. The van der Waals surface area contributed by atoms with Crippen molar-refractivity contribution in [2.75, 3.05) is 19.0 Å². The summed E-state index contributed by atoms with van der Waals surface area (Å²) in [7, 11) is 1.40. The van der Waals surface area contributed by atoms with E-state index < -0.39 is 23.3 Å². The van der Waals surface area contributed by atoms with Crippen LogP contribution in [0.5, 0.6) is 0 Å². The minimum atomic E-state index is -4.55. The number of aliphatic hydroxyl groups is 1. The number of nitrogens with zero attached hydrogens (tertiary/aromatic N) is 1. The topological polar surface area (TPSA) is 52.6 Å². The first kappa shape index (κ1) is 16.3. The number of rotatable bonds is 3. The van der Waals surface area contributed by atoms with Gasteiger partial charge in [-0.05, 0) is 26.0 Å². The molecular weight excluding hydrogens is 273 g/mol. The van der Waals surface area contributed by atoms with Gasteiger partial charge in [0.05, 0.1) is 23.4 Å². The van der Waals surface area contributed by atoms with Gasteiger partial charge >= 0.3 is 12.2 Å². The van der Waals surface area contributed by atoms with E-state index in [2.05, 4.69) is 5.32 Å². The molecule has 0 saturated heterocycles. The molecule has 1 aromatic carbocycles. The van der Waals surface area contributed by atoms with Crippen LogP contribution in [0.25, 0.3) is 0 Å². The normalized spacial score (nSPS) is 12.2. The first-order valence-electron chi connectivity index (χ1n) is 5.91. The van der Waals surface area contributed by atoms with Gasteiger partial charge in [0.15, 0.2) is 0 Å². The lowest BCUT2D eigenvalue weighted by molar-refractivity contribution is -0.136. The number of anilines is 1. The third kappa shape index (κ3) is 3.63. The Kier molecular flexibility index (Phi) is 4.65. The van der Waals surface area contributed by atoms with Gasteiger partial charge in [0.25, 0.3) is 0 Å². The summed E-state index contributed by atoms with van der Waals surface area (Å²) >= 11 is 0. The fraction of sp³-hybridized carbons (Fsp3) is 0.462. The molecule has 1 rings (SSSR count). The van der Waals surface area contributed by atoms with Gasteiger partial charge in [0.2, 0.25) is 0 Å². The van der Waals surface area contributed by atoms with Crippen molar-refractivity contribution in [2.45, 2.75) is 25.6 Å². The number of alkyl halides is 3. The van der Waals surface area contributed by atoms with Gasteiger partial charge in [0, 0.05) is 7.05 Å². The molecule has 0 aliphatic carbocycles. The highest BCUT2D eigenvalue weighted by Crippen LogP contribution is 2.34. The Hall–Kier alpha value is -1.76. The summed E-state index contributed by atoms with van der Waals surface area (Å²) in [5.41, 5.74) is -2.11. The zero-order chi connectivity index (χ0) is 15.6. The fourth-order valence-electron chi connectivity index (χ4n) is 1.42. The van der Waals surface area contributed by atoms with E-state index in [4.69, 9.17) is 5.11 Å². The first-order valence-corrected chi connectivity index (χ1v) is 5.91. The van der Waals surface area contributed by atoms with Gasteiger partial charge in [-0.3, -0.25) is 0 Å². The number of halogens is 3. The fourth-order valence-corrected chi connectivity index (χ4v) is 1.42. The first-order chi connectivity index (χ1) is 9.09. The second kappa shape index (κ2) is 5.70. The molecule has 0 radical (unpaired) electrons. The van der Waals surface area contributed by atoms with Crippen molar-refractivity contribution < 1.29 is 23.1 Å². The van der Waals surface area contributed by atoms with Crippen LogP contribution < -0.4 is 5.32 Å². The monoisotopic (exact) mass is 290 g/mol. The number of amides is 2. The van der Waals surface area contributed by atoms with E-state index in [9.17, 15) is 18.0 Å². The standard InChI is InChI=1S/C13H17F3N2O2/c1-12(2,8-19)18(3)11(20)17-10-7-5-4-6-9(10)13(14,15)16/h4-7,19H,8H2,1-3H3,(H,17,20). The molecule has 2 amide bonds. The number of hydrogen-bond acceptors (Lipinski definition) is 2. The van der Waals surface area contributed by atoms with Crippen LogP contribution in [0.3, 0.4) is 0 Å². The molecule has 0 unspecified atom stereocenters. The van der Waals surface area contributed by atoms with Crippen molar-refractivity contribution in [3.63, 3.8) is 0 Å². The average Bonchev–Trinajstić information content (AvgIpc) is 2.37. The smallest absolute Gasteiger partial charge is 0.394 e. The number of urea groups is 1. The highest BCUT2D eigenvalue weighted by molar-refractivity contribution is 5.90. The molecule has 0 bridgehead atoms. The maximum Gasteiger partial charge on any atom is 0.418 e. The van der Waals surface area contributed by atoms with Gasteiger partial charge in [-0.2, -0.15) is 13.2 Å². The number of likely N-dealkylation sites (N-methyl/N-ethyl adjacent to an activating group) is 1. The predicted octanol–water partition coefficient (Wildman–Crippen LogP) is 2.94. The summed E-state index contributed by atoms with van der Waals surface area (Å²) in [6, 6.07) is 4.01. The van der Waals surface area contributed by atoms with E-state index in [1.54, 1.807) is 13.8 Å². The summed E-state index contributed by atoms with van der Waals surface area (Å²) in [4.78, 5) is 13.1. The molecule has 0 saturated carbocycles. The zero-order valence-electron chi connectivity index (χ0n) is 11.5. The lowest BCUT2D eigenvalue weighted by Gasteiger charge is -2.34. The molecule has 0 atom stereocenters. The van der Waals surface area contributed by atoms with Gasteiger partial charge in [0.1, 0.15) is 0 Å². The average molecular weight is 290 g/mol. The maximum absolute atomic E-state index is 12.8. The van der Waals surface area contributed by atoms with Crippen molar-refractivity contribution >= 4 is 11.7 Å². The Morgan fingerprint density at radius 2 is 1.85 bits per heavy atom. The maximum atomic E-state index is 12.8. The van der Waals surface area contributed by atoms with Crippen molar-refractivity contribution in [1.29, 1.82) is 0 Å². The summed E-state index contributed by atoms with van der Waals surface area (Å²) in [5, 5.41) is 11.4. The van der Waals surface area contributed by atoms with Crippen LogP contribution in [0, 0.1) is 0 Å². The summed E-state index contributed by atoms with van der Waals surface area (Å²) < 4.78 is 38.4. The Bertz CT molecular complexity index is 487. The number of benzene rings is 1. The van der Waals surface area contributed by atoms with Crippen LogP contribution in [0.15, 0.2) is 24.3 Å². The quantitative estimate of drug-likeness (QED) is 0.899.